The highest BCUT2D eigenvalue weighted by Crippen LogP contribution is 2.22. The van der Waals surface area contributed by atoms with Crippen molar-refractivity contribution in [3.63, 3.8) is 0 Å². The number of hydrogen-bond donors (Lipinski definition) is 1. The van der Waals surface area contributed by atoms with Crippen LogP contribution < -0.4 is 0 Å². The standard InChI is InChI=1S/C12H22O4Si/c1-5-17(6-2,7-3)16-11(13)9-8-10(4)12(14)15/h4-9H2,1-3H3,(H,14,15). The maximum Gasteiger partial charge on any atom is 0.330 e. The monoisotopic (exact) mass is 258 g/mol. The molecule has 0 amide bonds. The summed E-state index contributed by atoms with van der Waals surface area (Å²) in [6.07, 6.45) is 0.273. The lowest BCUT2D eigenvalue weighted by atomic mass is 10.2. The van der Waals surface area contributed by atoms with Crippen LogP contribution in [-0.4, -0.2) is 25.4 Å². The molecule has 1 N–H and O–H groups in total. The van der Waals surface area contributed by atoms with Gasteiger partial charge in [0.05, 0.1) is 0 Å². The van der Waals surface area contributed by atoms with E-state index in [1.54, 1.807) is 0 Å². The normalized spacial score (nSPS) is 11.0. The summed E-state index contributed by atoms with van der Waals surface area (Å²) in [5, 5.41) is 8.62. The maximum absolute atomic E-state index is 11.6. The van der Waals surface area contributed by atoms with Gasteiger partial charge in [0.2, 0.25) is 0 Å². The summed E-state index contributed by atoms with van der Waals surface area (Å²) in [5.74, 6) is -1.34. The SMILES string of the molecule is C=C(CCC(=O)O[Si](CC)(CC)CC)C(=O)O. The highest BCUT2D eigenvalue weighted by Gasteiger charge is 2.32. The van der Waals surface area contributed by atoms with Gasteiger partial charge >= 0.3 is 5.97 Å². The zero-order chi connectivity index (χ0) is 13.5. The Balaban J connectivity index is 4.25. The van der Waals surface area contributed by atoms with Crippen LogP contribution in [0.4, 0.5) is 0 Å². The van der Waals surface area contributed by atoms with Crippen LogP contribution in [0.25, 0.3) is 0 Å². The average Bonchev–Trinajstić information content (AvgIpc) is 2.33. The molecule has 0 aliphatic carbocycles. The second-order valence-corrected chi connectivity index (χ2v) is 8.82. The van der Waals surface area contributed by atoms with Gasteiger partial charge in [0.1, 0.15) is 0 Å². The van der Waals surface area contributed by atoms with Crippen LogP contribution in [0.1, 0.15) is 33.6 Å². The molecule has 0 heterocycles. The molecule has 4 nitrogen and oxygen atoms in total. The van der Waals surface area contributed by atoms with Gasteiger partial charge in [-0.2, -0.15) is 0 Å². The van der Waals surface area contributed by atoms with Crippen molar-refractivity contribution in [2.45, 2.75) is 51.7 Å². The Morgan fingerprint density at radius 1 is 1.12 bits per heavy atom. The zero-order valence-electron chi connectivity index (χ0n) is 10.9. The minimum Gasteiger partial charge on any atom is -0.519 e. The van der Waals surface area contributed by atoms with Crippen molar-refractivity contribution >= 4 is 20.3 Å². The largest absolute Gasteiger partial charge is 0.519 e. The Kier molecular flexibility index (Phi) is 6.80. The predicted octanol–water partition coefficient (Wildman–Crippen LogP) is 2.96. The molecule has 0 aliphatic heterocycles. The summed E-state index contributed by atoms with van der Waals surface area (Å²) in [7, 11) is -1.91. The summed E-state index contributed by atoms with van der Waals surface area (Å²) in [6.45, 7) is 9.52. The van der Waals surface area contributed by atoms with Crippen molar-refractivity contribution < 1.29 is 19.1 Å². The first-order valence-electron chi connectivity index (χ1n) is 6.03. The minimum atomic E-state index is -1.91. The second-order valence-electron chi connectivity index (χ2n) is 4.13. The van der Waals surface area contributed by atoms with Gasteiger partial charge in [-0.3, -0.25) is 4.79 Å². The minimum absolute atomic E-state index is 0.0544. The Morgan fingerprint density at radius 3 is 1.94 bits per heavy atom. The molecular formula is C12H22O4Si. The molecule has 0 spiro atoms. The average molecular weight is 258 g/mol. The number of carboxylic acid groups (broad SMARTS) is 1. The van der Waals surface area contributed by atoms with Crippen LogP contribution in [0.15, 0.2) is 12.2 Å². The van der Waals surface area contributed by atoms with E-state index in [0.29, 0.717) is 0 Å². The van der Waals surface area contributed by atoms with E-state index < -0.39 is 14.3 Å². The number of rotatable bonds is 8. The van der Waals surface area contributed by atoms with Gasteiger partial charge in [-0.25, -0.2) is 4.79 Å². The molecule has 17 heavy (non-hydrogen) atoms. The smallest absolute Gasteiger partial charge is 0.330 e. The Labute approximate surface area is 104 Å². The Hall–Kier alpha value is -1.10. The van der Waals surface area contributed by atoms with Crippen LogP contribution >= 0.6 is 0 Å². The maximum atomic E-state index is 11.6. The highest BCUT2D eigenvalue weighted by molar-refractivity contribution is 6.74. The van der Waals surface area contributed by atoms with Crippen molar-refractivity contribution in [2.24, 2.45) is 0 Å². The summed E-state index contributed by atoms with van der Waals surface area (Å²) in [6, 6.07) is 2.73. The van der Waals surface area contributed by atoms with E-state index in [1.165, 1.54) is 0 Å². The van der Waals surface area contributed by atoms with Crippen LogP contribution in [0.5, 0.6) is 0 Å². The van der Waals surface area contributed by atoms with E-state index in [-0.39, 0.29) is 24.4 Å². The molecule has 0 rings (SSSR count). The van der Waals surface area contributed by atoms with E-state index in [0.717, 1.165) is 18.1 Å². The summed E-state index contributed by atoms with van der Waals surface area (Å²) >= 11 is 0. The number of carbonyl (C=O) groups is 2. The van der Waals surface area contributed by atoms with E-state index in [9.17, 15) is 9.59 Å². The molecule has 0 radical (unpaired) electrons. The molecule has 0 fully saturated rings. The van der Waals surface area contributed by atoms with Crippen LogP contribution in [-0.2, 0) is 14.0 Å². The van der Waals surface area contributed by atoms with Gasteiger partial charge in [-0.1, -0.05) is 27.4 Å². The van der Waals surface area contributed by atoms with Crippen molar-refractivity contribution in [2.75, 3.05) is 0 Å². The van der Waals surface area contributed by atoms with Gasteiger partial charge < -0.3 is 9.53 Å². The Bertz CT molecular complexity index is 287. The van der Waals surface area contributed by atoms with Crippen LogP contribution in [0.2, 0.25) is 18.1 Å². The number of aliphatic carboxylic acids is 1. The van der Waals surface area contributed by atoms with Crippen molar-refractivity contribution in [3.05, 3.63) is 12.2 Å². The third kappa shape index (κ3) is 5.17. The molecule has 0 unspecified atom stereocenters. The molecule has 0 aromatic rings. The first kappa shape index (κ1) is 15.9. The summed E-state index contributed by atoms with van der Waals surface area (Å²) in [4.78, 5) is 22.2. The van der Waals surface area contributed by atoms with E-state index in [4.69, 9.17) is 9.53 Å². The lowest BCUT2D eigenvalue weighted by molar-refractivity contribution is -0.135. The van der Waals surface area contributed by atoms with Gasteiger partial charge in [-0.05, 0) is 24.6 Å². The molecule has 98 valence electrons. The lowest BCUT2D eigenvalue weighted by Gasteiger charge is -2.27. The molecule has 0 aromatic heterocycles. The number of carbonyl (C=O) groups excluding carboxylic acids is 1. The van der Waals surface area contributed by atoms with Crippen LogP contribution in [0.3, 0.4) is 0 Å². The van der Waals surface area contributed by atoms with Gasteiger partial charge in [0.25, 0.3) is 14.3 Å². The van der Waals surface area contributed by atoms with Gasteiger partial charge in [-0.15, -0.1) is 0 Å². The fourth-order valence-corrected chi connectivity index (χ4v) is 4.14. The van der Waals surface area contributed by atoms with Gasteiger partial charge in [0, 0.05) is 12.0 Å². The number of hydrogen-bond acceptors (Lipinski definition) is 3. The molecule has 0 atom stereocenters. The van der Waals surface area contributed by atoms with Gasteiger partial charge in [0.15, 0.2) is 0 Å². The highest BCUT2D eigenvalue weighted by atomic mass is 28.4. The summed E-state index contributed by atoms with van der Waals surface area (Å²) in [5.41, 5.74) is 0.0544. The third-order valence-electron chi connectivity index (χ3n) is 3.20. The van der Waals surface area contributed by atoms with E-state index in [2.05, 4.69) is 6.58 Å². The fraction of sp³-hybridized carbons (Fsp3) is 0.667. The summed E-state index contributed by atoms with van der Waals surface area (Å²) < 4.78 is 5.58. The van der Waals surface area contributed by atoms with E-state index in [1.807, 2.05) is 20.8 Å². The van der Waals surface area contributed by atoms with Crippen molar-refractivity contribution in [1.29, 1.82) is 0 Å². The Morgan fingerprint density at radius 2 is 1.59 bits per heavy atom. The second kappa shape index (κ2) is 7.27. The molecule has 0 saturated heterocycles. The topological polar surface area (TPSA) is 63.6 Å². The third-order valence-corrected chi connectivity index (χ3v) is 7.72. The first-order valence-corrected chi connectivity index (χ1v) is 8.56. The fourth-order valence-electron chi connectivity index (χ4n) is 1.62. The molecule has 0 saturated carbocycles. The van der Waals surface area contributed by atoms with Crippen molar-refractivity contribution in [1.82, 2.24) is 0 Å². The molecular weight excluding hydrogens is 236 g/mol. The van der Waals surface area contributed by atoms with Crippen molar-refractivity contribution in [3.8, 4) is 0 Å². The van der Waals surface area contributed by atoms with E-state index >= 15 is 0 Å². The first-order chi connectivity index (χ1) is 7.90. The molecule has 5 heteroatoms. The molecule has 0 bridgehead atoms. The predicted molar refractivity (Wildman–Crippen MR) is 69.3 cm³/mol. The number of carboxylic acids is 1. The molecule has 0 aromatic carbocycles. The zero-order valence-corrected chi connectivity index (χ0v) is 11.9. The van der Waals surface area contributed by atoms with Crippen LogP contribution in [0, 0.1) is 0 Å². The molecule has 0 aliphatic rings. The lowest BCUT2D eigenvalue weighted by Crippen LogP contribution is -2.38. The quantitative estimate of drug-likeness (QED) is 0.537.